The van der Waals surface area contributed by atoms with Gasteiger partial charge in [-0.15, -0.1) is 0 Å². The molecule has 176 valence electrons. The van der Waals surface area contributed by atoms with Crippen molar-refractivity contribution in [3.8, 4) is 22.9 Å². The largest absolute Gasteiger partial charge is 0.507 e. The van der Waals surface area contributed by atoms with Gasteiger partial charge in [-0.05, 0) is 67.8 Å². The first-order valence-electron chi connectivity index (χ1n) is 11.2. The van der Waals surface area contributed by atoms with Gasteiger partial charge in [-0.3, -0.25) is 0 Å². The predicted octanol–water partition coefficient (Wildman–Crippen LogP) is 4.15. The molecule has 4 aromatic rings. The highest BCUT2D eigenvalue weighted by molar-refractivity contribution is 7.89. The van der Waals surface area contributed by atoms with Crippen LogP contribution in [0.15, 0.2) is 65.7 Å². The van der Waals surface area contributed by atoms with Gasteiger partial charge in [-0.25, -0.2) is 18.4 Å². The van der Waals surface area contributed by atoms with Gasteiger partial charge in [0.25, 0.3) is 0 Å². The number of hydrogen-bond acceptors (Lipinski definition) is 6. The number of methoxy groups -OCH3 is 1. The first kappa shape index (κ1) is 22.4. The number of pyridine rings is 1. The summed E-state index contributed by atoms with van der Waals surface area (Å²) in [7, 11) is -2.05. The van der Waals surface area contributed by atoms with Gasteiger partial charge in [0.15, 0.2) is 5.65 Å². The molecule has 1 aliphatic heterocycles. The van der Waals surface area contributed by atoms with E-state index >= 15 is 0 Å². The van der Waals surface area contributed by atoms with Gasteiger partial charge < -0.3 is 14.4 Å². The molecule has 0 spiro atoms. The number of aryl methyl sites for hydroxylation is 1. The van der Waals surface area contributed by atoms with Crippen molar-refractivity contribution in [2.75, 3.05) is 20.2 Å². The van der Waals surface area contributed by atoms with Gasteiger partial charge in [0.1, 0.15) is 22.8 Å². The molecule has 0 aliphatic carbocycles. The first-order valence-corrected chi connectivity index (χ1v) is 12.6. The number of phenolic OH excluding ortho intramolecular Hbond substituents is 1. The molecule has 8 nitrogen and oxygen atoms in total. The Bertz CT molecular complexity index is 1460. The summed E-state index contributed by atoms with van der Waals surface area (Å²) in [5, 5.41) is 10.5. The van der Waals surface area contributed by atoms with Crippen LogP contribution < -0.4 is 4.74 Å². The zero-order chi connectivity index (χ0) is 23.9. The minimum absolute atomic E-state index is 0.00133. The van der Waals surface area contributed by atoms with Crippen molar-refractivity contribution >= 4 is 21.2 Å². The number of fused-ring (bicyclic) bond motifs is 1. The molecule has 1 N–H and O–H groups in total. The van der Waals surface area contributed by atoms with Crippen LogP contribution in [-0.4, -0.2) is 52.6 Å². The standard InChI is InChI=1S/C25H26N4O4S/c1-17-16-19(9-10-23(17)33-2)34(31,32)28-14-11-18(12-15-28)29-24(20-6-3-4-8-22(20)30)27-21-7-5-13-26-25(21)29/h3-10,13,16,18,30H,11-12,14-15H2,1-2H3. The average Bonchev–Trinajstić information content (AvgIpc) is 3.23. The first-order chi connectivity index (χ1) is 16.4. The van der Waals surface area contributed by atoms with Crippen molar-refractivity contribution in [2.45, 2.75) is 30.7 Å². The summed E-state index contributed by atoms with van der Waals surface area (Å²) in [5.74, 6) is 1.45. The number of phenols is 1. The Balaban J connectivity index is 1.45. The number of hydrogen-bond donors (Lipinski definition) is 1. The van der Waals surface area contributed by atoms with Crippen LogP contribution in [0, 0.1) is 6.92 Å². The highest BCUT2D eigenvalue weighted by atomic mass is 32.2. The number of para-hydroxylation sites is 1. The van der Waals surface area contributed by atoms with Gasteiger partial charge in [0.2, 0.25) is 10.0 Å². The van der Waals surface area contributed by atoms with Crippen LogP contribution in [0.25, 0.3) is 22.6 Å². The maximum Gasteiger partial charge on any atom is 0.243 e. The summed E-state index contributed by atoms with van der Waals surface area (Å²) in [6.07, 6.45) is 2.94. The molecule has 5 rings (SSSR count). The van der Waals surface area contributed by atoms with E-state index in [-0.39, 0.29) is 16.7 Å². The van der Waals surface area contributed by atoms with E-state index in [0.717, 1.165) is 16.7 Å². The Labute approximate surface area is 198 Å². The van der Waals surface area contributed by atoms with Crippen LogP contribution in [0.2, 0.25) is 0 Å². The molecular weight excluding hydrogens is 452 g/mol. The molecule has 0 radical (unpaired) electrons. The summed E-state index contributed by atoms with van der Waals surface area (Å²) in [5.41, 5.74) is 2.88. The highest BCUT2D eigenvalue weighted by Gasteiger charge is 2.32. The number of ether oxygens (including phenoxy) is 1. The average molecular weight is 479 g/mol. The number of aromatic nitrogens is 3. The fourth-order valence-electron chi connectivity index (χ4n) is 4.63. The number of imidazole rings is 1. The maximum atomic E-state index is 13.3. The second-order valence-corrected chi connectivity index (χ2v) is 10.4. The molecule has 3 heterocycles. The number of aromatic hydroxyl groups is 1. The molecule has 0 bridgehead atoms. The van der Waals surface area contributed by atoms with Gasteiger partial charge in [-0.2, -0.15) is 4.31 Å². The lowest BCUT2D eigenvalue weighted by Gasteiger charge is -2.32. The van der Waals surface area contributed by atoms with Crippen molar-refractivity contribution in [2.24, 2.45) is 0 Å². The molecule has 1 fully saturated rings. The van der Waals surface area contributed by atoms with Crippen molar-refractivity contribution in [3.05, 3.63) is 66.4 Å². The lowest BCUT2D eigenvalue weighted by Crippen LogP contribution is -2.39. The Hall–Kier alpha value is -3.43. The molecule has 1 aliphatic rings. The van der Waals surface area contributed by atoms with Crippen molar-refractivity contribution in [1.29, 1.82) is 0 Å². The van der Waals surface area contributed by atoms with E-state index in [1.165, 1.54) is 4.31 Å². The van der Waals surface area contributed by atoms with E-state index in [2.05, 4.69) is 4.98 Å². The smallest absolute Gasteiger partial charge is 0.243 e. The van der Waals surface area contributed by atoms with E-state index in [9.17, 15) is 13.5 Å². The van der Waals surface area contributed by atoms with Crippen LogP contribution in [0.1, 0.15) is 24.4 Å². The summed E-state index contributed by atoms with van der Waals surface area (Å²) >= 11 is 0. The summed E-state index contributed by atoms with van der Waals surface area (Å²) in [4.78, 5) is 9.58. The number of nitrogens with zero attached hydrogens (tertiary/aromatic N) is 4. The van der Waals surface area contributed by atoms with Crippen LogP contribution >= 0.6 is 0 Å². The van der Waals surface area contributed by atoms with Crippen LogP contribution in [0.4, 0.5) is 0 Å². The number of piperidine rings is 1. The van der Waals surface area contributed by atoms with Crippen molar-refractivity contribution in [3.63, 3.8) is 0 Å². The summed E-state index contributed by atoms with van der Waals surface area (Å²) in [6.45, 7) is 2.59. The van der Waals surface area contributed by atoms with E-state index in [0.29, 0.717) is 43.1 Å². The monoisotopic (exact) mass is 478 g/mol. The zero-order valence-electron chi connectivity index (χ0n) is 19.0. The fraction of sp³-hybridized carbons (Fsp3) is 0.280. The number of sulfonamides is 1. The molecule has 1 saturated heterocycles. The molecular formula is C25H26N4O4S. The van der Waals surface area contributed by atoms with E-state index in [1.54, 1.807) is 43.6 Å². The molecule has 2 aromatic carbocycles. The molecule has 2 aromatic heterocycles. The lowest BCUT2D eigenvalue weighted by molar-refractivity contribution is 0.278. The maximum absolute atomic E-state index is 13.3. The second kappa shape index (κ2) is 8.73. The number of benzene rings is 2. The topological polar surface area (TPSA) is 97.6 Å². The number of rotatable bonds is 5. The fourth-order valence-corrected chi connectivity index (χ4v) is 6.18. The highest BCUT2D eigenvalue weighted by Crippen LogP contribution is 2.37. The van der Waals surface area contributed by atoms with Crippen LogP contribution in [0.5, 0.6) is 11.5 Å². The third kappa shape index (κ3) is 3.80. The minimum atomic E-state index is -3.62. The SMILES string of the molecule is COc1ccc(S(=O)(=O)N2CCC(n3c(-c4ccccc4O)nc4cccnc43)CC2)cc1C. The normalized spacial score (nSPS) is 15.6. The molecule has 0 unspecified atom stereocenters. The summed E-state index contributed by atoms with van der Waals surface area (Å²) in [6, 6.07) is 15.8. The van der Waals surface area contributed by atoms with E-state index < -0.39 is 10.0 Å². The van der Waals surface area contributed by atoms with Gasteiger partial charge in [-0.1, -0.05) is 12.1 Å². The third-order valence-corrected chi connectivity index (χ3v) is 8.28. The van der Waals surface area contributed by atoms with E-state index in [4.69, 9.17) is 9.72 Å². The second-order valence-electron chi connectivity index (χ2n) is 8.44. The minimum Gasteiger partial charge on any atom is -0.507 e. The predicted molar refractivity (Wildman–Crippen MR) is 129 cm³/mol. The van der Waals surface area contributed by atoms with Crippen molar-refractivity contribution < 1.29 is 18.3 Å². The van der Waals surface area contributed by atoms with E-state index in [1.807, 2.05) is 35.8 Å². The Morgan fingerprint density at radius 3 is 2.53 bits per heavy atom. The molecule has 0 amide bonds. The molecule has 0 atom stereocenters. The lowest BCUT2D eigenvalue weighted by atomic mass is 10.1. The van der Waals surface area contributed by atoms with Crippen LogP contribution in [0.3, 0.4) is 0 Å². The Kier molecular flexibility index (Phi) is 5.75. The quantitative estimate of drug-likeness (QED) is 0.463. The Morgan fingerprint density at radius 2 is 1.82 bits per heavy atom. The van der Waals surface area contributed by atoms with Gasteiger partial charge >= 0.3 is 0 Å². The third-order valence-electron chi connectivity index (χ3n) is 6.39. The van der Waals surface area contributed by atoms with Gasteiger partial charge in [0, 0.05) is 25.3 Å². The van der Waals surface area contributed by atoms with Crippen LogP contribution in [-0.2, 0) is 10.0 Å². The summed E-state index contributed by atoms with van der Waals surface area (Å²) < 4.78 is 35.4. The molecule has 9 heteroatoms. The molecule has 34 heavy (non-hydrogen) atoms. The Morgan fingerprint density at radius 1 is 1.06 bits per heavy atom. The molecule has 0 saturated carbocycles. The van der Waals surface area contributed by atoms with Gasteiger partial charge in [0.05, 0.1) is 17.6 Å². The zero-order valence-corrected chi connectivity index (χ0v) is 19.9. The van der Waals surface area contributed by atoms with Crippen molar-refractivity contribution in [1.82, 2.24) is 18.8 Å².